The first-order valence-electron chi connectivity index (χ1n) is 8.13. The number of benzene rings is 2. The molecular weight excluding hydrogens is 324 g/mol. The minimum absolute atomic E-state index is 0.189. The molecule has 1 heterocycles. The van der Waals surface area contributed by atoms with Gasteiger partial charge in [-0.25, -0.2) is 8.42 Å². The van der Waals surface area contributed by atoms with E-state index in [9.17, 15) is 13.2 Å². The van der Waals surface area contributed by atoms with E-state index in [2.05, 4.69) is 5.32 Å². The van der Waals surface area contributed by atoms with Gasteiger partial charge in [0.05, 0.1) is 12.3 Å². The van der Waals surface area contributed by atoms with E-state index in [1.807, 2.05) is 49.4 Å². The number of sulfonamides is 1. The number of rotatable bonds is 4. The molecule has 24 heavy (non-hydrogen) atoms. The minimum Gasteiger partial charge on any atom is -0.348 e. The summed E-state index contributed by atoms with van der Waals surface area (Å²) in [6.45, 7) is 2.35. The van der Waals surface area contributed by atoms with Crippen LogP contribution in [0.3, 0.4) is 0 Å². The Labute approximate surface area is 142 Å². The highest BCUT2D eigenvalue weighted by Gasteiger charge is 2.36. The lowest BCUT2D eigenvalue weighted by atomic mass is 9.99. The summed E-state index contributed by atoms with van der Waals surface area (Å²) < 4.78 is 25.0. The first-order chi connectivity index (χ1) is 11.4. The zero-order valence-corrected chi connectivity index (χ0v) is 14.7. The van der Waals surface area contributed by atoms with E-state index in [1.54, 1.807) is 0 Å². The van der Waals surface area contributed by atoms with Crippen LogP contribution in [0, 0.1) is 0 Å². The molecule has 0 saturated carbocycles. The van der Waals surface area contributed by atoms with Crippen molar-refractivity contribution in [2.24, 2.45) is 0 Å². The molecule has 0 radical (unpaired) electrons. The molecule has 2 aromatic carbocycles. The number of hydrogen-bond acceptors (Lipinski definition) is 3. The Kier molecular flexibility index (Phi) is 4.60. The molecule has 2 atom stereocenters. The van der Waals surface area contributed by atoms with Gasteiger partial charge < -0.3 is 5.32 Å². The highest BCUT2D eigenvalue weighted by Crippen LogP contribution is 2.25. The maximum Gasteiger partial charge on any atom is 0.238 e. The van der Waals surface area contributed by atoms with Gasteiger partial charge in [-0.1, -0.05) is 42.5 Å². The van der Waals surface area contributed by atoms with Crippen molar-refractivity contribution < 1.29 is 13.2 Å². The van der Waals surface area contributed by atoms with Crippen molar-refractivity contribution >= 4 is 26.7 Å². The van der Waals surface area contributed by atoms with Crippen LogP contribution in [0.5, 0.6) is 0 Å². The van der Waals surface area contributed by atoms with Gasteiger partial charge >= 0.3 is 0 Å². The van der Waals surface area contributed by atoms with Gasteiger partial charge in [0.2, 0.25) is 15.9 Å². The van der Waals surface area contributed by atoms with Crippen molar-refractivity contribution in [3.8, 4) is 0 Å². The summed E-state index contributed by atoms with van der Waals surface area (Å²) in [7, 11) is -3.36. The first-order valence-corrected chi connectivity index (χ1v) is 9.97. The topological polar surface area (TPSA) is 66.5 Å². The molecule has 1 amide bonds. The van der Waals surface area contributed by atoms with Crippen LogP contribution in [0.15, 0.2) is 42.5 Å². The molecule has 0 bridgehead atoms. The highest BCUT2D eigenvalue weighted by molar-refractivity contribution is 7.88. The fourth-order valence-electron chi connectivity index (χ4n) is 3.41. The molecule has 5 nitrogen and oxygen atoms in total. The third-order valence-electron chi connectivity index (χ3n) is 4.58. The maximum absolute atomic E-state index is 12.6. The molecule has 3 rings (SSSR count). The molecule has 1 aliphatic heterocycles. The molecular formula is C18H22N2O3S. The lowest BCUT2D eigenvalue weighted by Crippen LogP contribution is -2.46. The van der Waals surface area contributed by atoms with E-state index >= 15 is 0 Å². The molecule has 6 heteroatoms. The summed E-state index contributed by atoms with van der Waals surface area (Å²) in [4.78, 5) is 12.6. The summed E-state index contributed by atoms with van der Waals surface area (Å²) in [5.41, 5.74) is 1.03. The monoisotopic (exact) mass is 346 g/mol. The van der Waals surface area contributed by atoms with E-state index in [4.69, 9.17) is 0 Å². The number of carbonyl (C=O) groups excluding carboxylic acids is 1. The zero-order chi connectivity index (χ0) is 17.3. The Morgan fingerprint density at radius 3 is 2.67 bits per heavy atom. The third-order valence-corrected chi connectivity index (χ3v) is 5.87. The molecule has 2 unspecified atom stereocenters. The summed E-state index contributed by atoms with van der Waals surface area (Å²) in [6, 6.07) is 13.2. The van der Waals surface area contributed by atoms with Crippen LogP contribution in [-0.4, -0.2) is 37.5 Å². The molecule has 128 valence electrons. The number of fused-ring (bicyclic) bond motifs is 1. The van der Waals surface area contributed by atoms with Crippen LogP contribution in [0.25, 0.3) is 10.8 Å². The van der Waals surface area contributed by atoms with E-state index in [1.165, 1.54) is 4.31 Å². The molecule has 1 fully saturated rings. The highest BCUT2D eigenvalue weighted by atomic mass is 32.2. The Balaban J connectivity index is 1.81. The summed E-state index contributed by atoms with van der Waals surface area (Å²) in [6.07, 6.45) is 2.45. The van der Waals surface area contributed by atoms with Gasteiger partial charge in [0.15, 0.2) is 0 Å². The maximum atomic E-state index is 12.6. The predicted molar refractivity (Wildman–Crippen MR) is 95.1 cm³/mol. The predicted octanol–water partition coefficient (Wildman–Crippen LogP) is 2.44. The van der Waals surface area contributed by atoms with Gasteiger partial charge in [0.25, 0.3) is 0 Å². The summed E-state index contributed by atoms with van der Waals surface area (Å²) >= 11 is 0. The lowest BCUT2D eigenvalue weighted by Gasteiger charge is -2.24. The normalized spacial score (nSPS) is 20.2. The number of amides is 1. The average Bonchev–Trinajstić information content (AvgIpc) is 3.04. The van der Waals surface area contributed by atoms with Crippen LogP contribution in [-0.2, 0) is 14.8 Å². The van der Waals surface area contributed by atoms with E-state index in [0.29, 0.717) is 19.4 Å². The number of nitrogens with zero attached hydrogens (tertiary/aromatic N) is 1. The van der Waals surface area contributed by atoms with Crippen molar-refractivity contribution in [2.75, 3.05) is 12.8 Å². The van der Waals surface area contributed by atoms with Crippen molar-refractivity contribution in [3.63, 3.8) is 0 Å². The SMILES string of the molecule is CC(NC(=O)C1CCCN1S(C)(=O)=O)c1cccc2ccccc12. The second-order valence-electron chi connectivity index (χ2n) is 6.33. The van der Waals surface area contributed by atoms with Crippen molar-refractivity contribution in [1.29, 1.82) is 0 Å². The van der Waals surface area contributed by atoms with Gasteiger partial charge in [-0.05, 0) is 36.1 Å². The van der Waals surface area contributed by atoms with Crippen molar-refractivity contribution in [1.82, 2.24) is 9.62 Å². The lowest BCUT2D eigenvalue weighted by molar-refractivity contribution is -0.124. The molecule has 2 aromatic rings. The fourth-order valence-corrected chi connectivity index (χ4v) is 4.54. The van der Waals surface area contributed by atoms with E-state index in [0.717, 1.165) is 22.6 Å². The molecule has 1 N–H and O–H groups in total. The van der Waals surface area contributed by atoms with E-state index < -0.39 is 16.1 Å². The Morgan fingerprint density at radius 1 is 1.21 bits per heavy atom. The molecule has 1 saturated heterocycles. The van der Waals surface area contributed by atoms with Crippen molar-refractivity contribution in [3.05, 3.63) is 48.0 Å². The van der Waals surface area contributed by atoms with Crippen LogP contribution in [0.2, 0.25) is 0 Å². The van der Waals surface area contributed by atoms with Gasteiger partial charge in [-0.2, -0.15) is 4.31 Å². The molecule has 0 aliphatic carbocycles. The molecule has 1 aliphatic rings. The summed E-state index contributed by atoms with van der Waals surface area (Å²) in [5.74, 6) is -0.224. The number of nitrogens with one attached hydrogen (secondary N) is 1. The average molecular weight is 346 g/mol. The van der Waals surface area contributed by atoms with Crippen LogP contribution >= 0.6 is 0 Å². The Morgan fingerprint density at radius 2 is 1.92 bits per heavy atom. The van der Waals surface area contributed by atoms with Gasteiger partial charge in [-0.15, -0.1) is 0 Å². The number of carbonyl (C=O) groups is 1. The second-order valence-corrected chi connectivity index (χ2v) is 8.27. The Hall–Kier alpha value is -1.92. The largest absolute Gasteiger partial charge is 0.348 e. The standard InChI is InChI=1S/C18H22N2O3S/c1-13(15-10-5-8-14-7-3-4-9-16(14)15)19-18(21)17-11-6-12-20(17)24(2,22)23/h3-5,7-10,13,17H,6,11-12H2,1-2H3,(H,19,21). The van der Waals surface area contributed by atoms with Crippen LogP contribution < -0.4 is 5.32 Å². The van der Waals surface area contributed by atoms with Crippen molar-refractivity contribution in [2.45, 2.75) is 31.8 Å². The van der Waals surface area contributed by atoms with Gasteiger partial charge in [0, 0.05) is 6.54 Å². The van der Waals surface area contributed by atoms with Gasteiger partial charge in [-0.3, -0.25) is 4.79 Å². The fraction of sp³-hybridized carbons (Fsp3) is 0.389. The quantitative estimate of drug-likeness (QED) is 0.925. The third kappa shape index (κ3) is 3.30. The van der Waals surface area contributed by atoms with Gasteiger partial charge in [0.1, 0.15) is 6.04 Å². The minimum atomic E-state index is -3.36. The van der Waals surface area contributed by atoms with Crippen LogP contribution in [0.4, 0.5) is 0 Å². The molecule has 0 aromatic heterocycles. The molecule has 0 spiro atoms. The Bertz CT molecular complexity index is 858. The first kappa shape index (κ1) is 16.9. The van der Waals surface area contributed by atoms with E-state index in [-0.39, 0.29) is 11.9 Å². The second kappa shape index (κ2) is 6.53. The van der Waals surface area contributed by atoms with Crippen LogP contribution in [0.1, 0.15) is 31.4 Å². The zero-order valence-electron chi connectivity index (χ0n) is 13.9. The number of hydrogen-bond donors (Lipinski definition) is 1. The smallest absolute Gasteiger partial charge is 0.238 e. The summed E-state index contributed by atoms with van der Waals surface area (Å²) in [5, 5.41) is 5.20.